The van der Waals surface area contributed by atoms with E-state index in [1.54, 1.807) is 14.2 Å². The molecular formula is C16H21N3O2. The summed E-state index contributed by atoms with van der Waals surface area (Å²) in [5.74, 6) is 3.34. The van der Waals surface area contributed by atoms with E-state index in [0.29, 0.717) is 0 Å². The van der Waals surface area contributed by atoms with E-state index in [2.05, 4.69) is 29.1 Å². The number of nitrogens with one attached hydrogen (secondary N) is 1. The lowest BCUT2D eigenvalue weighted by atomic mass is 10.1. The molecule has 1 heterocycles. The SMILES string of the molecule is CNc1cc(-c2cc(OC)ccc2OC)nc(C(C)C)n1. The number of hydrogen-bond acceptors (Lipinski definition) is 5. The highest BCUT2D eigenvalue weighted by Crippen LogP contribution is 2.33. The van der Waals surface area contributed by atoms with E-state index in [9.17, 15) is 0 Å². The van der Waals surface area contributed by atoms with Crippen molar-refractivity contribution in [2.24, 2.45) is 0 Å². The zero-order valence-electron chi connectivity index (χ0n) is 13.1. The standard InChI is InChI=1S/C16H21N3O2/c1-10(2)16-18-13(9-15(17-3)19-16)12-8-11(20-4)6-7-14(12)21-5/h6-10H,1-5H3,(H,17,18,19). The Bertz CT molecular complexity index is 627. The summed E-state index contributed by atoms with van der Waals surface area (Å²) in [5.41, 5.74) is 1.70. The largest absolute Gasteiger partial charge is 0.497 e. The Morgan fingerprint density at radius 3 is 2.38 bits per heavy atom. The minimum absolute atomic E-state index is 0.244. The first-order chi connectivity index (χ1) is 10.1. The molecule has 0 aliphatic rings. The first-order valence-electron chi connectivity index (χ1n) is 6.88. The van der Waals surface area contributed by atoms with E-state index in [1.807, 2.05) is 31.3 Å². The lowest BCUT2D eigenvalue weighted by Crippen LogP contribution is -2.04. The molecule has 1 aromatic heterocycles. The van der Waals surface area contributed by atoms with Crippen LogP contribution in [0.15, 0.2) is 24.3 Å². The summed E-state index contributed by atoms with van der Waals surface area (Å²) in [4.78, 5) is 9.13. The number of hydrogen-bond donors (Lipinski definition) is 1. The fourth-order valence-corrected chi connectivity index (χ4v) is 2.00. The first kappa shape index (κ1) is 15.1. The van der Waals surface area contributed by atoms with E-state index >= 15 is 0 Å². The van der Waals surface area contributed by atoms with Crippen molar-refractivity contribution in [3.63, 3.8) is 0 Å². The summed E-state index contributed by atoms with van der Waals surface area (Å²) in [6.45, 7) is 4.14. The molecule has 0 fully saturated rings. The molecule has 0 aliphatic heterocycles. The number of rotatable bonds is 5. The lowest BCUT2D eigenvalue weighted by molar-refractivity contribution is 0.404. The van der Waals surface area contributed by atoms with Crippen molar-refractivity contribution in [3.05, 3.63) is 30.1 Å². The smallest absolute Gasteiger partial charge is 0.133 e. The third-order valence-corrected chi connectivity index (χ3v) is 3.20. The third kappa shape index (κ3) is 3.24. The van der Waals surface area contributed by atoms with Crippen LogP contribution in [0.25, 0.3) is 11.3 Å². The highest BCUT2D eigenvalue weighted by atomic mass is 16.5. The van der Waals surface area contributed by atoms with Gasteiger partial charge in [-0.2, -0.15) is 0 Å². The molecule has 2 aromatic rings. The molecule has 0 spiro atoms. The molecule has 0 saturated heterocycles. The summed E-state index contributed by atoms with van der Waals surface area (Å²) < 4.78 is 10.7. The maximum Gasteiger partial charge on any atom is 0.133 e. The molecule has 0 aliphatic carbocycles. The van der Waals surface area contributed by atoms with Crippen LogP contribution in [0.3, 0.4) is 0 Å². The van der Waals surface area contributed by atoms with Crippen molar-refractivity contribution in [1.82, 2.24) is 9.97 Å². The van der Waals surface area contributed by atoms with Crippen LogP contribution in [0.1, 0.15) is 25.6 Å². The van der Waals surface area contributed by atoms with Crippen molar-refractivity contribution < 1.29 is 9.47 Å². The van der Waals surface area contributed by atoms with Gasteiger partial charge in [-0.1, -0.05) is 13.8 Å². The summed E-state index contributed by atoms with van der Waals surface area (Å²) in [7, 11) is 5.14. The van der Waals surface area contributed by atoms with Gasteiger partial charge < -0.3 is 14.8 Å². The average molecular weight is 287 g/mol. The molecule has 1 N–H and O–H groups in total. The number of aromatic nitrogens is 2. The monoisotopic (exact) mass is 287 g/mol. The fraction of sp³-hybridized carbons (Fsp3) is 0.375. The zero-order valence-corrected chi connectivity index (χ0v) is 13.1. The van der Waals surface area contributed by atoms with Gasteiger partial charge in [-0.15, -0.1) is 0 Å². The van der Waals surface area contributed by atoms with E-state index in [0.717, 1.165) is 34.4 Å². The third-order valence-electron chi connectivity index (χ3n) is 3.20. The zero-order chi connectivity index (χ0) is 15.4. The first-order valence-corrected chi connectivity index (χ1v) is 6.88. The number of methoxy groups -OCH3 is 2. The van der Waals surface area contributed by atoms with Crippen LogP contribution in [-0.2, 0) is 0 Å². The molecule has 21 heavy (non-hydrogen) atoms. The predicted octanol–water partition coefficient (Wildman–Crippen LogP) is 3.33. The molecule has 5 nitrogen and oxygen atoms in total. The van der Waals surface area contributed by atoms with E-state index in [1.165, 1.54) is 0 Å². The van der Waals surface area contributed by atoms with Gasteiger partial charge in [-0.25, -0.2) is 9.97 Å². The Kier molecular flexibility index (Phi) is 4.62. The normalized spacial score (nSPS) is 10.6. The number of anilines is 1. The number of nitrogens with zero attached hydrogens (tertiary/aromatic N) is 2. The van der Waals surface area contributed by atoms with Crippen LogP contribution < -0.4 is 14.8 Å². The summed E-state index contributed by atoms with van der Waals surface area (Å²) >= 11 is 0. The van der Waals surface area contributed by atoms with Gasteiger partial charge in [0.2, 0.25) is 0 Å². The Morgan fingerprint density at radius 2 is 1.81 bits per heavy atom. The van der Waals surface area contributed by atoms with Crippen LogP contribution in [0.2, 0.25) is 0 Å². The van der Waals surface area contributed by atoms with Crippen molar-refractivity contribution >= 4 is 5.82 Å². The minimum Gasteiger partial charge on any atom is -0.497 e. The van der Waals surface area contributed by atoms with Crippen molar-refractivity contribution in [2.75, 3.05) is 26.6 Å². The van der Waals surface area contributed by atoms with Gasteiger partial charge in [0, 0.05) is 24.6 Å². The van der Waals surface area contributed by atoms with Crippen LogP contribution in [-0.4, -0.2) is 31.2 Å². The van der Waals surface area contributed by atoms with Gasteiger partial charge in [-0.05, 0) is 18.2 Å². The Hall–Kier alpha value is -2.30. The van der Waals surface area contributed by atoms with Gasteiger partial charge >= 0.3 is 0 Å². The second kappa shape index (κ2) is 6.43. The number of ether oxygens (including phenoxy) is 2. The molecule has 0 radical (unpaired) electrons. The minimum atomic E-state index is 0.244. The Balaban J connectivity index is 2.62. The van der Waals surface area contributed by atoms with E-state index in [-0.39, 0.29) is 5.92 Å². The molecule has 112 valence electrons. The maximum atomic E-state index is 5.44. The molecule has 0 bridgehead atoms. The van der Waals surface area contributed by atoms with Gasteiger partial charge in [0.05, 0.1) is 19.9 Å². The lowest BCUT2D eigenvalue weighted by Gasteiger charge is -2.13. The molecule has 0 saturated carbocycles. The van der Waals surface area contributed by atoms with Gasteiger partial charge in [-0.3, -0.25) is 0 Å². The fourth-order valence-electron chi connectivity index (χ4n) is 2.00. The van der Waals surface area contributed by atoms with Crippen LogP contribution in [0.4, 0.5) is 5.82 Å². The number of benzene rings is 1. The molecular weight excluding hydrogens is 266 g/mol. The Labute approximate surface area is 125 Å². The Morgan fingerprint density at radius 1 is 1.05 bits per heavy atom. The van der Waals surface area contributed by atoms with E-state index < -0.39 is 0 Å². The summed E-state index contributed by atoms with van der Waals surface area (Å²) in [6, 6.07) is 7.57. The van der Waals surface area contributed by atoms with Crippen LogP contribution >= 0.6 is 0 Å². The summed E-state index contributed by atoms with van der Waals surface area (Å²) in [5, 5.41) is 3.08. The highest BCUT2D eigenvalue weighted by Gasteiger charge is 2.13. The van der Waals surface area contributed by atoms with Crippen LogP contribution in [0, 0.1) is 0 Å². The van der Waals surface area contributed by atoms with Crippen LogP contribution in [0.5, 0.6) is 11.5 Å². The predicted molar refractivity (Wildman–Crippen MR) is 84.2 cm³/mol. The molecule has 0 amide bonds. The average Bonchev–Trinajstić information content (AvgIpc) is 2.53. The van der Waals surface area contributed by atoms with Gasteiger partial charge in [0.1, 0.15) is 23.1 Å². The molecule has 2 rings (SSSR count). The second-order valence-electron chi connectivity index (χ2n) is 4.97. The molecule has 1 aromatic carbocycles. The van der Waals surface area contributed by atoms with E-state index in [4.69, 9.17) is 9.47 Å². The molecule has 0 atom stereocenters. The highest BCUT2D eigenvalue weighted by molar-refractivity contribution is 5.71. The molecule has 0 unspecified atom stereocenters. The van der Waals surface area contributed by atoms with Gasteiger partial charge in [0.25, 0.3) is 0 Å². The van der Waals surface area contributed by atoms with Crippen molar-refractivity contribution in [2.45, 2.75) is 19.8 Å². The quantitative estimate of drug-likeness (QED) is 0.914. The van der Waals surface area contributed by atoms with Crippen molar-refractivity contribution in [1.29, 1.82) is 0 Å². The maximum absolute atomic E-state index is 5.44. The molecule has 5 heteroatoms. The van der Waals surface area contributed by atoms with Crippen molar-refractivity contribution in [3.8, 4) is 22.8 Å². The summed E-state index contributed by atoms with van der Waals surface area (Å²) in [6.07, 6.45) is 0. The van der Waals surface area contributed by atoms with Gasteiger partial charge in [0.15, 0.2) is 0 Å². The second-order valence-corrected chi connectivity index (χ2v) is 4.97. The topological polar surface area (TPSA) is 56.3 Å².